The fraction of sp³-hybridized carbons (Fsp3) is 0. The zero-order chi connectivity index (χ0) is 41.0. The van der Waals surface area contributed by atoms with Crippen molar-refractivity contribution in [3.05, 3.63) is 237 Å². The molecule has 0 aliphatic heterocycles. The summed E-state index contributed by atoms with van der Waals surface area (Å²) in [6.07, 6.45) is 0. The molecule has 0 saturated carbocycles. The van der Waals surface area contributed by atoms with Crippen LogP contribution in [0, 0.1) is 0 Å². The molecule has 0 amide bonds. The normalized spacial score (nSPS) is 11.5. The Balaban J connectivity index is 1.03. The Hall–Kier alpha value is -8.20. The molecular weight excluding hydrogens is 751 g/mol. The molecule has 2 heteroatoms. The maximum Gasteiger partial charge on any atom is 0.135 e. The molecule has 1 heterocycles. The van der Waals surface area contributed by atoms with Crippen LogP contribution in [0.15, 0.2) is 241 Å². The Kier molecular flexibility index (Phi) is 8.53. The molecule has 0 N–H and O–H groups in total. The minimum atomic E-state index is 0.895. The molecule has 290 valence electrons. The number of anilines is 3. The van der Waals surface area contributed by atoms with Gasteiger partial charge < -0.3 is 9.32 Å². The summed E-state index contributed by atoms with van der Waals surface area (Å²) in [5, 5.41) is 9.62. The first-order valence-electron chi connectivity index (χ1n) is 21.2. The van der Waals surface area contributed by atoms with Gasteiger partial charge in [0, 0.05) is 33.1 Å². The summed E-state index contributed by atoms with van der Waals surface area (Å²) in [5.41, 5.74) is 14.5. The van der Waals surface area contributed by atoms with Crippen molar-refractivity contribution >= 4 is 71.3 Å². The average molecular weight is 790 g/mol. The lowest BCUT2D eigenvalue weighted by Crippen LogP contribution is -2.12. The van der Waals surface area contributed by atoms with Crippen LogP contribution in [0.1, 0.15) is 0 Å². The van der Waals surface area contributed by atoms with Gasteiger partial charge in [-0.2, -0.15) is 0 Å². The van der Waals surface area contributed by atoms with E-state index in [1.165, 1.54) is 65.7 Å². The molecular formula is C60H39NO. The lowest BCUT2D eigenvalue weighted by molar-refractivity contribution is 0.669. The Labute approximate surface area is 360 Å². The summed E-state index contributed by atoms with van der Waals surface area (Å²) in [6, 6.07) is 85.7. The van der Waals surface area contributed by atoms with Crippen LogP contribution in [0.2, 0.25) is 0 Å². The van der Waals surface area contributed by atoms with Crippen molar-refractivity contribution in [2.75, 3.05) is 4.90 Å². The van der Waals surface area contributed by atoms with E-state index in [2.05, 4.69) is 229 Å². The van der Waals surface area contributed by atoms with Crippen molar-refractivity contribution in [1.29, 1.82) is 0 Å². The zero-order valence-corrected chi connectivity index (χ0v) is 33.9. The van der Waals surface area contributed by atoms with Crippen molar-refractivity contribution in [1.82, 2.24) is 0 Å². The van der Waals surface area contributed by atoms with Crippen molar-refractivity contribution in [3.63, 3.8) is 0 Å². The van der Waals surface area contributed by atoms with Gasteiger partial charge in [-0.05, 0) is 114 Å². The molecule has 12 aromatic rings. The first-order valence-corrected chi connectivity index (χ1v) is 21.2. The highest BCUT2D eigenvalue weighted by Crippen LogP contribution is 2.50. The van der Waals surface area contributed by atoms with E-state index in [1.54, 1.807) is 0 Å². The van der Waals surface area contributed by atoms with Gasteiger partial charge >= 0.3 is 0 Å². The summed E-state index contributed by atoms with van der Waals surface area (Å²) in [4.78, 5) is 2.47. The number of para-hydroxylation sites is 1. The molecule has 62 heavy (non-hydrogen) atoms. The Morgan fingerprint density at radius 2 is 0.774 bits per heavy atom. The summed E-state index contributed by atoms with van der Waals surface area (Å²) >= 11 is 0. The SMILES string of the molecule is c1ccc(-c2c(N(c3ccc(-c4ccc(-c5ccc6ccccc6c5)cc4)cc3)c3cccc(-c4ccc5oc6ccccc6c5c4)c3)c3ccccc3c3ccccc23)cc1. The Morgan fingerprint density at radius 3 is 1.55 bits per heavy atom. The standard InChI is InChI=1S/C60H39NO/c1-2-14-44(15-3-1)59-54-22-8-6-19-51(54)52-20-7-9-23-55(52)60(59)61(50-18-12-17-46(38-50)48-33-36-58-56(39-48)53-21-10-11-24-57(53)62-58)49-34-31-42(32-35-49)41-25-27-43(28-26-41)47-30-29-40-13-4-5-16-45(40)37-47/h1-39H. The largest absolute Gasteiger partial charge is 0.456 e. The second kappa shape index (κ2) is 14.8. The van der Waals surface area contributed by atoms with Gasteiger partial charge in [0.25, 0.3) is 0 Å². The topological polar surface area (TPSA) is 16.4 Å². The second-order valence-corrected chi connectivity index (χ2v) is 16.1. The number of hydrogen-bond acceptors (Lipinski definition) is 2. The van der Waals surface area contributed by atoms with E-state index in [-0.39, 0.29) is 0 Å². The fourth-order valence-corrected chi connectivity index (χ4v) is 9.42. The molecule has 0 spiro atoms. The molecule has 0 bridgehead atoms. The highest BCUT2D eigenvalue weighted by atomic mass is 16.3. The van der Waals surface area contributed by atoms with E-state index in [1.807, 2.05) is 12.1 Å². The number of fused-ring (bicyclic) bond motifs is 7. The van der Waals surface area contributed by atoms with E-state index in [9.17, 15) is 0 Å². The molecule has 1 aromatic heterocycles. The quantitative estimate of drug-likeness (QED) is 0.150. The van der Waals surface area contributed by atoms with Gasteiger partial charge in [-0.3, -0.25) is 0 Å². The first-order chi connectivity index (χ1) is 30.7. The molecule has 12 rings (SSSR count). The maximum atomic E-state index is 6.23. The lowest BCUT2D eigenvalue weighted by Gasteiger charge is -2.31. The molecule has 0 atom stereocenters. The van der Waals surface area contributed by atoms with Crippen LogP contribution < -0.4 is 4.90 Å². The van der Waals surface area contributed by atoms with Crippen LogP contribution in [0.4, 0.5) is 17.1 Å². The van der Waals surface area contributed by atoms with E-state index < -0.39 is 0 Å². The first kappa shape index (κ1) is 35.7. The van der Waals surface area contributed by atoms with Crippen LogP contribution in [0.3, 0.4) is 0 Å². The zero-order valence-electron chi connectivity index (χ0n) is 33.9. The third kappa shape index (κ3) is 6.12. The van der Waals surface area contributed by atoms with Crippen LogP contribution in [-0.4, -0.2) is 0 Å². The minimum Gasteiger partial charge on any atom is -0.456 e. The van der Waals surface area contributed by atoms with E-state index >= 15 is 0 Å². The number of rotatable bonds is 7. The monoisotopic (exact) mass is 789 g/mol. The summed E-state index contributed by atoms with van der Waals surface area (Å²) in [5.74, 6) is 0. The Bertz CT molecular complexity index is 3620. The van der Waals surface area contributed by atoms with E-state index in [0.29, 0.717) is 0 Å². The average Bonchev–Trinajstić information content (AvgIpc) is 3.73. The number of benzene rings is 11. The smallest absolute Gasteiger partial charge is 0.135 e. The number of hydrogen-bond donors (Lipinski definition) is 0. The van der Waals surface area contributed by atoms with Gasteiger partial charge in [0.05, 0.1) is 5.69 Å². The van der Waals surface area contributed by atoms with Crippen LogP contribution >= 0.6 is 0 Å². The lowest BCUT2D eigenvalue weighted by atomic mass is 9.90. The second-order valence-electron chi connectivity index (χ2n) is 16.1. The van der Waals surface area contributed by atoms with Gasteiger partial charge in [0.2, 0.25) is 0 Å². The third-order valence-electron chi connectivity index (χ3n) is 12.4. The van der Waals surface area contributed by atoms with Crippen molar-refractivity contribution < 1.29 is 4.42 Å². The summed E-state index contributed by atoms with van der Waals surface area (Å²) in [6.45, 7) is 0. The van der Waals surface area contributed by atoms with E-state index in [0.717, 1.165) is 50.1 Å². The Morgan fingerprint density at radius 1 is 0.258 bits per heavy atom. The number of nitrogens with zero attached hydrogens (tertiary/aromatic N) is 1. The van der Waals surface area contributed by atoms with Crippen LogP contribution in [0.25, 0.3) is 98.8 Å². The highest BCUT2D eigenvalue weighted by molar-refractivity contribution is 6.22. The molecule has 11 aromatic carbocycles. The third-order valence-corrected chi connectivity index (χ3v) is 12.4. The summed E-state index contributed by atoms with van der Waals surface area (Å²) in [7, 11) is 0. The molecule has 0 unspecified atom stereocenters. The van der Waals surface area contributed by atoms with Crippen molar-refractivity contribution in [3.8, 4) is 44.5 Å². The predicted molar refractivity (Wildman–Crippen MR) is 263 cm³/mol. The molecule has 0 aliphatic carbocycles. The van der Waals surface area contributed by atoms with E-state index in [4.69, 9.17) is 4.42 Å². The molecule has 0 aliphatic rings. The van der Waals surface area contributed by atoms with Crippen LogP contribution in [0.5, 0.6) is 0 Å². The van der Waals surface area contributed by atoms with Gasteiger partial charge in [-0.15, -0.1) is 0 Å². The van der Waals surface area contributed by atoms with Crippen molar-refractivity contribution in [2.24, 2.45) is 0 Å². The van der Waals surface area contributed by atoms with Gasteiger partial charge in [-0.1, -0.05) is 188 Å². The van der Waals surface area contributed by atoms with Crippen molar-refractivity contribution in [2.45, 2.75) is 0 Å². The van der Waals surface area contributed by atoms with Gasteiger partial charge in [0.1, 0.15) is 11.2 Å². The maximum absolute atomic E-state index is 6.23. The molecule has 2 nitrogen and oxygen atoms in total. The predicted octanol–water partition coefficient (Wildman–Crippen LogP) is 17.2. The number of furan rings is 1. The van der Waals surface area contributed by atoms with Gasteiger partial charge in [-0.25, -0.2) is 0 Å². The van der Waals surface area contributed by atoms with Crippen LogP contribution in [-0.2, 0) is 0 Å². The fourth-order valence-electron chi connectivity index (χ4n) is 9.42. The summed E-state index contributed by atoms with van der Waals surface area (Å²) < 4.78 is 6.23. The molecule has 0 saturated heterocycles. The highest BCUT2D eigenvalue weighted by Gasteiger charge is 2.24. The molecule has 0 fully saturated rings. The molecule has 0 radical (unpaired) electrons. The van der Waals surface area contributed by atoms with Gasteiger partial charge in [0.15, 0.2) is 0 Å². The minimum absolute atomic E-state index is 0.895.